The number of hydrogen-bond acceptors (Lipinski definition) is 2. The van der Waals surface area contributed by atoms with Gasteiger partial charge in [0, 0.05) is 30.7 Å². The fraction of sp³-hybridized carbons (Fsp3) is 0.350. The Morgan fingerprint density at radius 2 is 1.83 bits per heavy atom. The fourth-order valence-corrected chi connectivity index (χ4v) is 3.74. The standard InChI is InChI=1S/C20H22N2O2/c23-19(22-12-10-20(14-22)11-13-24-15-20)21-18-9-5-4-8-17(18)16-6-2-1-3-7-16/h1-9H,10-15H2,(H,21,23). The van der Waals surface area contributed by atoms with Crippen molar-refractivity contribution in [3.8, 4) is 11.1 Å². The minimum Gasteiger partial charge on any atom is -0.381 e. The SMILES string of the molecule is O=C(Nc1ccccc1-c1ccccc1)N1CCC2(CCOC2)C1. The number of likely N-dealkylation sites (tertiary alicyclic amines) is 1. The van der Waals surface area contributed by atoms with Crippen molar-refractivity contribution in [2.24, 2.45) is 5.41 Å². The van der Waals surface area contributed by atoms with Crippen LogP contribution < -0.4 is 5.32 Å². The maximum atomic E-state index is 12.7. The topological polar surface area (TPSA) is 41.6 Å². The van der Waals surface area contributed by atoms with Crippen LogP contribution >= 0.6 is 0 Å². The first-order chi connectivity index (χ1) is 11.8. The van der Waals surface area contributed by atoms with Crippen LogP contribution in [0.5, 0.6) is 0 Å². The molecule has 1 spiro atoms. The molecule has 0 bridgehead atoms. The van der Waals surface area contributed by atoms with E-state index >= 15 is 0 Å². The molecular weight excluding hydrogens is 300 g/mol. The van der Waals surface area contributed by atoms with Crippen LogP contribution in [0.2, 0.25) is 0 Å². The second kappa shape index (κ2) is 6.29. The highest BCUT2D eigenvalue weighted by Gasteiger charge is 2.42. The van der Waals surface area contributed by atoms with Crippen LogP contribution in [0.4, 0.5) is 10.5 Å². The number of nitrogens with one attached hydrogen (secondary N) is 1. The van der Waals surface area contributed by atoms with Gasteiger partial charge in [-0.1, -0.05) is 48.5 Å². The van der Waals surface area contributed by atoms with Crippen LogP contribution in [-0.4, -0.2) is 37.2 Å². The van der Waals surface area contributed by atoms with Crippen molar-refractivity contribution in [2.45, 2.75) is 12.8 Å². The third-order valence-corrected chi connectivity index (χ3v) is 5.16. The van der Waals surface area contributed by atoms with E-state index in [1.807, 2.05) is 47.4 Å². The molecule has 0 radical (unpaired) electrons. The van der Waals surface area contributed by atoms with E-state index in [4.69, 9.17) is 4.74 Å². The van der Waals surface area contributed by atoms with Crippen molar-refractivity contribution in [3.05, 3.63) is 54.6 Å². The first-order valence-electron chi connectivity index (χ1n) is 8.54. The van der Waals surface area contributed by atoms with Crippen LogP contribution in [0.25, 0.3) is 11.1 Å². The Labute approximate surface area is 142 Å². The Morgan fingerprint density at radius 1 is 1.04 bits per heavy atom. The molecule has 1 unspecified atom stereocenters. The van der Waals surface area contributed by atoms with Gasteiger partial charge in [0.05, 0.1) is 12.3 Å². The molecule has 2 aromatic rings. The molecule has 2 saturated heterocycles. The van der Waals surface area contributed by atoms with Crippen molar-refractivity contribution in [3.63, 3.8) is 0 Å². The van der Waals surface area contributed by atoms with E-state index < -0.39 is 0 Å². The number of para-hydroxylation sites is 1. The van der Waals surface area contributed by atoms with Gasteiger partial charge >= 0.3 is 6.03 Å². The zero-order valence-corrected chi connectivity index (χ0v) is 13.7. The van der Waals surface area contributed by atoms with Gasteiger partial charge < -0.3 is 15.0 Å². The predicted octanol–water partition coefficient (Wildman–Crippen LogP) is 4.00. The Balaban J connectivity index is 1.51. The number of benzene rings is 2. The number of rotatable bonds is 2. The molecule has 0 aromatic heterocycles. The molecule has 2 fully saturated rings. The summed E-state index contributed by atoms with van der Waals surface area (Å²) in [6, 6.07) is 18.1. The molecule has 4 rings (SSSR count). The minimum absolute atomic E-state index is 0.0119. The number of carbonyl (C=O) groups excluding carboxylic acids is 1. The summed E-state index contributed by atoms with van der Waals surface area (Å²) in [6.45, 7) is 3.22. The van der Waals surface area contributed by atoms with E-state index in [9.17, 15) is 4.79 Å². The van der Waals surface area contributed by atoms with Gasteiger partial charge in [-0.25, -0.2) is 4.79 Å². The Hall–Kier alpha value is -2.33. The molecule has 2 aromatic carbocycles. The summed E-state index contributed by atoms with van der Waals surface area (Å²) in [5.41, 5.74) is 3.20. The van der Waals surface area contributed by atoms with E-state index in [0.717, 1.165) is 56.0 Å². The van der Waals surface area contributed by atoms with E-state index in [-0.39, 0.29) is 11.4 Å². The summed E-state index contributed by atoms with van der Waals surface area (Å²) in [5.74, 6) is 0. The minimum atomic E-state index is -0.0119. The van der Waals surface area contributed by atoms with E-state index in [1.54, 1.807) is 0 Å². The van der Waals surface area contributed by atoms with Gasteiger partial charge in [-0.3, -0.25) is 0 Å². The molecule has 1 atom stereocenters. The van der Waals surface area contributed by atoms with Gasteiger partial charge in [-0.05, 0) is 24.5 Å². The Kier molecular flexibility index (Phi) is 3.98. The zero-order chi connectivity index (χ0) is 16.4. The first kappa shape index (κ1) is 15.2. The number of urea groups is 1. The van der Waals surface area contributed by atoms with Crippen LogP contribution in [0, 0.1) is 5.41 Å². The second-order valence-electron chi connectivity index (χ2n) is 6.82. The summed E-state index contributed by atoms with van der Waals surface area (Å²) in [7, 11) is 0. The molecule has 2 aliphatic rings. The Morgan fingerprint density at radius 3 is 2.62 bits per heavy atom. The van der Waals surface area contributed by atoms with Crippen molar-refractivity contribution < 1.29 is 9.53 Å². The molecule has 4 nitrogen and oxygen atoms in total. The van der Waals surface area contributed by atoms with Gasteiger partial charge in [0.15, 0.2) is 0 Å². The lowest BCUT2D eigenvalue weighted by molar-refractivity contribution is 0.154. The van der Waals surface area contributed by atoms with Gasteiger partial charge in [-0.2, -0.15) is 0 Å². The average Bonchev–Trinajstić information content (AvgIpc) is 3.26. The number of nitrogens with zero attached hydrogens (tertiary/aromatic N) is 1. The number of ether oxygens (including phenoxy) is 1. The van der Waals surface area contributed by atoms with Crippen LogP contribution in [0.3, 0.4) is 0 Å². The van der Waals surface area contributed by atoms with Gasteiger partial charge in [0.25, 0.3) is 0 Å². The highest BCUT2D eigenvalue weighted by molar-refractivity contribution is 5.94. The Bertz CT molecular complexity index is 723. The molecule has 1 N–H and O–H groups in total. The van der Waals surface area contributed by atoms with E-state index in [1.165, 1.54) is 0 Å². The normalized spacial score (nSPS) is 22.9. The lowest BCUT2D eigenvalue weighted by Crippen LogP contribution is -2.35. The molecular formula is C20H22N2O2. The lowest BCUT2D eigenvalue weighted by atomic mass is 9.87. The number of carbonyl (C=O) groups is 1. The first-order valence-corrected chi connectivity index (χ1v) is 8.54. The van der Waals surface area contributed by atoms with Crippen LogP contribution in [0.1, 0.15) is 12.8 Å². The largest absolute Gasteiger partial charge is 0.381 e. The summed E-state index contributed by atoms with van der Waals surface area (Å²) >= 11 is 0. The number of hydrogen-bond donors (Lipinski definition) is 1. The zero-order valence-electron chi connectivity index (χ0n) is 13.7. The monoisotopic (exact) mass is 322 g/mol. The molecule has 0 aliphatic carbocycles. The molecule has 4 heteroatoms. The summed E-state index contributed by atoms with van der Waals surface area (Å²) in [6.07, 6.45) is 2.11. The third kappa shape index (κ3) is 2.89. The molecule has 2 aliphatic heterocycles. The second-order valence-corrected chi connectivity index (χ2v) is 6.82. The number of amides is 2. The van der Waals surface area contributed by atoms with E-state index in [0.29, 0.717) is 0 Å². The average molecular weight is 322 g/mol. The van der Waals surface area contributed by atoms with Crippen molar-refractivity contribution in [2.75, 3.05) is 31.6 Å². The maximum Gasteiger partial charge on any atom is 0.321 e. The molecule has 124 valence electrons. The summed E-state index contributed by atoms with van der Waals surface area (Å²) in [4.78, 5) is 14.6. The lowest BCUT2D eigenvalue weighted by Gasteiger charge is -2.22. The van der Waals surface area contributed by atoms with Gasteiger partial charge in [0.2, 0.25) is 0 Å². The molecule has 0 saturated carbocycles. The van der Waals surface area contributed by atoms with Crippen molar-refractivity contribution >= 4 is 11.7 Å². The van der Waals surface area contributed by atoms with Gasteiger partial charge in [0.1, 0.15) is 0 Å². The van der Waals surface area contributed by atoms with Crippen molar-refractivity contribution in [1.29, 1.82) is 0 Å². The maximum absolute atomic E-state index is 12.7. The van der Waals surface area contributed by atoms with E-state index in [2.05, 4.69) is 17.4 Å². The fourth-order valence-electron chi connectivity index (χ4n) is 3.74. The molecule has 2 heterocycles. The smallest absolute Gasteiger partial charge is 0.321 e. The van der Waals surface area contributed by atoms with Gasteiger partial charge in [-0.15, -0.1) is 0 Å². The summed E-state index contributed by atoms with van der Waals surface area (Å²) in [5, 5.41) is 3.10. The predicted molar refractivity (Wildman–Crippen MR) is 95.0 cm³/mol. The third-order valence-electron chi connectivity index (χ3n) is 5.16. The van der Waals surface area contributed by atoms with Crippen LogP contribution in [0.15, 0.2) is 54.6 Å². The highest BCUT2D eigenvalue weighted by atomic mass is 16.5. The van der Waals surface area contributed by atoms with Crippen molar-refractivity contribution in [1.82, 2.24) is 4.90 Å². The molecule has 2 amide bonds. The summed E-state index contributed by atoms with van der Waals surface area (Å²) < 4.78 is 5.55. The molecule has 24 heavy (non-hydrogen) atoms. The highest BCUT2D eigenvalue weighted by Crippen LogP contribution is 2.38. The number of anilines is 1. The quantitative estimate of drug-likeness (QED) is 0.908. The van der Waals surface area contributed by atoms with Crippen LogP contribution in [-0.2, 0) is 4.74 Å².